The molecule has 1 saturated heterocycles. The lowest BCUT2D eigenvalue weighted by atomic mass is 9.77. The van der Waals surface area contributed by atoms with E-state index in [-0.39, 0.29) is 16.7 Å². The number of fused-ring (bicyclic) bond motifs is 1. The summed E-state index contributed by atoms with van der Waals surface area (Å²) in [7, 11) is 0. The van der Waals surface area contributed by atoms with Crippen LogP contribution < -0.4 is 5.56 Å². The molecule has 2 fully saturated rings. The smallest absolute Gasteiger partial charge is 0.281 e. The van der Waals surface area contributed by atoms with Crippen LogP contribution >= 0.6 is 0 Å². The van der Waals surface area contributed by atoms with Gasteiger partial charge in [-0.05, 0) is 11.8 Å². The monoisotopic (exact) mass is 364 g/mol. The van der Waals surface area contributed by atoms with E-state index in [0.717, 1.165) is 0 Å². The minimum atomic E-state index is -1.24. The molecule has 9 heteroatoms. The molecule has 3 N–H and O–H groups in total. The third-order valence-corrected chi connectivity index (χ3v) is 5.78. The molecule has 1 saturated carbocycles. The minimum absolute atomic E-state index is 0.200. The molecule has 5 atom stereocenters. The van der Waals surface area contributed by atoms with Gasteiger partial charge in [-0.3, -0.25) is 13.9 Å². The van der Waals surface area contributed by atoms with Gasteiger partial charge in [-0.15, -0.1) is 0 Å². The van der Waals surface area contributed by atoms with Gasteiger partial charge in [0.25, 0.3) is 5.56 Å². The van der Waals surface area contributed by atoms with Crippen LogP contribution in [0.4, 0.5) is 0 Å². The highest BCUT2D eigenvalue weighted by Gasteiger charge is 2.44. The summed E-state index contributed by atoms with van der Waals surface area (Å²) in [6, 6.07) is 0. The van der Waals surface area contributed by atoms with Crippen LogP contribution in [0.5, 0.6) is 0 Å². The lowest BCUT2D eigenvalue weighted by molar-refractivity contribution is -0.0511. The van der Waals surface area contributed by atoms with Crippen LogP contribution in [-0.2, 0) is 11.3 Å². The number of aliphatic hydroxyl groups is 3. The topological polar surface area (TPSA) is 123 Å². The molecule has 142 valence electrons. The molecule has 1 aliphatic heterocycles. The highest BCUT2D eigenvalue weighted by Crippen LogP contribution is 2.34. The van der Waals surface area contributed by atoms with E-state index >= 15 is 0 Å². The summed E-state index contributed by atoms with van der Waals surface area (Å²) < 4.78 is 8.51. The van der Waals surface area contributed by atoms with Crippen LogP contribution in [0.15, 0.2) is 17.4 Å². The average molecular weight is 364 g/mol. The van der Waals surface area contributed by atoms with Crippen molar-refractivity contribution in [3.05, 3.63) is 23.0 Å². The molecule has 0 radical (unpaired) electrons. The van der Waals surface area contributed by atoms with Gasteiger partial charge in [-0.2, -0.15) is 0 Å². The van der Waals surface area contributed by atoms with Crippen molar-refractivity contribution in [1.29, 1.82) is 0 Å². The molecule has 1 unspecified atom stereocenters. The molecule has 2 aromatic rings. The third kappa shape index (κ3) is 2.75. The minimum Gasteiger partial charge on any atom is -0.394 e. The number of aliphatic hydroxyl groups excluding tert-OH is 3. The number of ether oxygens (including phenoxy) is 1. The lowest BCUT2D eigenvalue weighted by Gasteiger charge is -2.31. The quantitative estimate of drug-likeness (QED) is 0.662. The maximum Gasteiger partial charge on any atom is 0.281 e. The molecule has 0 spiro atoms. The highest BCUT2D eigenvalue weighted by molar-refractivity contribution is 5.69. The molecule has 3 heterocycles. The van der Waals surface area contributed by atoms with E-state index in [4.69, 9.17) is 4.74 Å². The number of nitrogens with zero attached hydrogens (tertiary/aromatic N) is 4. The van der Waals surface area contributed by atoms with E-state index < -0.39 is 31.1 Å². The van der Waals surface area contributed by atoms with Crippen LogP contribution in [0.3, 0.4) is 0 Å². The summed E-state index contributed by atoms with van der Waals surface area (Å²) in [4.78, 5) is 21.2. The fourth-order valence-corrected chi connectivity index (χ4v) is 3.84. The maximum absolute atomic E-state index is 12.7. The zero-order valence-corrected chi connectivity index (χ0v) is 14.6. The number of aromatic nitrogens is 4. The number of hydrogen-bond acceptors (Lipinski definition) is 7. The van der Waals surface area contributed by atoms with Gasteiger partial charge in [0.05, 0.1) is 12.9 Å². The van der Waals surface area contributed by atoms with E-state index in [2.05, 4.69) is 16.9 Å². The van der Waals surface area contributed by atoms with Gasteiger partial charge < -0.3 is 20.1 Å². The molecule has 0 bridgehead atoms. The number of imidazole rings is 1. The Morgan fingerprint density at radius 2 is 2.04 bits per heavy atom. The summed E-state index contributed by atoms with van der Waals surface area (Å²) in [5, 5.41) is 29.3. The number of hydrogen-bond donors (Lipinski definition) is 3. The molecule has 0 amide bonds. The van der Waals surface area contributed by atoms with Crippen molar-refractivity contribution in [2.45, 2.75) is 57.3 Å². The first kappa shape index (κ1) is 17.6. The number of rotatable bonds is 5. The van der Waals surface area contributed by atoms with Gasteiger partial charge in [0.15, 0.2) is 17.4 Å². The highest BCUT2D eigenvalue weighted by atomic mass is 16.6. The van der Waals surface area contributed by atoms with Crippen LogP contribution in [0.2, 0.25) is 0 Å². The summed E-state index contributed by atoms with van der Waals surface area (Å²) >= 11 is 0. The van der Waals surface area contributed by atoms with Crippen molar-refractivity contribution in [2.75, 3.05) is 6.61 Å². The molecular weight excluding hydrogens is 340 g/mol. The van der Waals surface area contributed by atoms with E-state index in [1.807, 2.05) is 0 Å². The second-order valence-electron chi connectivity index (χ2n) is 7.42. The first-order valence-electron chi connectivity index (χ1n) is 9.05. The van der Waals surface area contributed by atoms with Crippen molar-refractivity contribution >= 4 is 11.2 Å². The van der Waals surface area contributed by atoms with Gasteiger partial charge in [-0.25, -0.2) is 9.97 Å². The standard InChI is InChI=1S/C17H24N4O5/c1-9(10-3-2-4-10)5-20-7-19-15-12(16(20)25)18-8-21(15)17-14(24)13(23)11(6-22)26-17/h7-11,13-14,17,22-24H,2-6H2,1H3/t9?,11-,13-,14-,17-/m1/s1. The first-order valence-corrected chi connectivity index (χ1v) is 9.05. The second kappa shape index (κ2) is 6.73. The molecule has 0 aromatic carbocycles. The predicted octanol–water partition coefficient (Wildman–Crippen LogP) is -0.359. The van der Waals surface area contributed by atoms with Crippen LogP contribution in [0, 0.1) is 11.8 Å². The Morgan fingerprint density at radius 1 is 1.27 bits per heavy atom. The summed E-state index contributed by atoms with van der Waals surface area (Å²) in [5.74, 6) is 1.07. The van der Waals surface area contributed by atoms with Crippen LogP contribution in [0.1, 0.15) is 32.4 Å². The van der Waals surface area contributed by atoms with E-state index in [1.54, 1.807) is 4.57 Å². The molecule has 26 heavy (non-hydrogen) atoms. The largest absolute Gasteiger partial charge is 0.394 e. The van der Waals surface area contributed by atoms with Gasteiger partial charge >= 0.3 is 0 Å². The van der Waals surface area contributed by atoms with Crippen LogP contribution in [0.25, 0.3) is 11.2 Å². The Kier molecular flexibility index (Phi) is 4.55. The van der Waals surface area contributed by atoms with Crippen molar-refractivity contribution in [3.8, 4) is 0 Å². The average Bonchev–Trinajstić information content (AvgIpc) is 3.11. The Labute approximate surface area is 149 Å². The van der Waals surface area contributed by atoms with E-state index in [1.165, 1.54) is 36.5 Å². The predicted molar refractivity (Wildman–Crippen MR) is 91.3 cm³/mol. The fourth-order valence-electron chi connectivity index (χ4n) is 3.84. The maximum atomic E-state index is 12.7. The third-order valence-electron chi connectivity index (χ3n) is 5.78. The van der Waals surface area contributed by atoms with Crippen molar-refractivity contribution in [3.63, 3.8) is 0 Å². The van der Waals surface area contributed by atoms with E-state index in [0.29, 0.717) is 18.4 Å². The second-order valence-corrected chi connectivity index (χ2v) is 7.42. The zero-order chi connectivity index (χ0) is 18.4. The van der Waals surface area contributed by atoms with Gasteiger partial charge in [-0.1, -0.05) is 26.2 Å². The van der Waals surface area contributed by atoms with E-state index in [9.17, 15) is 20.1 Å². The molecule has 4 rings (SSSR count). The normalized spacial score (nSPS) is 30.6. The summed E-state index contributed by atoms with van der Waals surface area (Å²) in [6.45, 7) is 2.34. The molecule has 1 aliphatic carbocycles. The Hall–Kier alpha value is -1.81. The Bertz CT molecular complexity index is 845. The van der Waals surface area contributed by atoms with Gasteiger partial charge in [0.1, 0.15) is 24.6 Å². The van der Waals surface area contributed by atoms with Gasteiger partial charge in [0, 0.05) is 6.54 Å². The molecule has 2 aliphatic rings. The van der Waals surface area contributed by atoms with Crippen molar-refractivity contribution in [1.82, 2.24) is 19.1 Å². The zero-order valence-electron chi connectivity index (χ0n) is 14.6. The Balaban J connectivity index is 1.63. The first-order chi connectivity index (χ1) is 12.5. The Morgan fingerprint density at radius 3 is 2.65 bits per heavy atom. The SMILES string of the molecule is CC(Cn1cnc2c(ncn2[C@@H]2O[C@H](CO)[C@@H](O)[C@H]2O)c1=O)C1CCC1. The molecular formula is C17H24N4O5. The summed E-state index contributed by atoms with van der Waals surface area (Å²) in [6.07, 6.45) is 2.25. The fraction of sp³-hybridized carbons (Fsp3) is 0.706. The van der Waals surface area contributed by atoms with Gasteiger partial charge in [0.2, 0.25) is 0 Å². The molecule has 2 aromatic heterocycles. The summed E-state index contributed by atoms with van der Waals surface area (Å²) in [5.41, 5.74) is 0.259. The van der Waals surface area contributed by atoms with Crippen molar-refractivity contribution in [2.24, 2.45) is 11.8 Å². The molecule has 9 nitrogen and oxygen atoms in total. The lowest BCUT2D eigenvalue weighted by Crippen LogP contribution is -2.33. The van der Waals surface area contributed by atoms with Crippen LogP contribution in [-0.4, -0.2) is 59.3 Å². The van der Waals surface area contributed by atoms with Crippen molar-refractivity contribution < 1.29 is 20.1 Å².